The van der Waals surface area contributed by atoms with E-state index in [1.165, 1.54) is 25.7 Å². The third-order valence-corrected chi connectivity index (χ3v) is 5.57. The average Bonchev–Trinajstić information content (AvgIpc) is 3.40. The number of aromatic nitrogens is 3. The van der Waals surface area contributed by atoms with Gasteiger partial charge in [0, 0.05) is 31.0 Å². The highest BCUT2D eigenvalue weighted by atomic mass is 16.1. The predicted molar refractivity (Wildman–Crippen MR) is 102 cm³/mol. The second-order valence-corrected chi connectivity index (χ2v) is 7.84. The molecule has 2 aromatic rings. The Morgan fingerprint density at radius 3 is 2.96 bits per heavy atom. The van der Waals surface area contributed by atoms with Gasteiger partial charge in [-0.15, -0.1) is 0 Å². The van der Waals surface area contributed by atoms with Crippen LogP contribution in [0.5, 0.6) is 0 Å². The molecule has 2 fully saturated rings. The summed E-state index contributed by atoms with van der Waals surface area (Å²) in [5.41, 5.74) is 1.38. The summed E-state index contributed by atoms with van der Waals surface area (Å²) >= 11 is 0. The Labute approximate surface area is 154 Å². The zero-order valence-electron chi connectivity index (χ0n) is 15.6. The van der Waals surface area contributed by atoms with E-state index in [2.05, 4.69) is 34.1 Å². The van der Waals surface area contributed by atoms with Crippen LogP contribution in [0, 0.1) is 11.8 Å². The van der Waals surface area contributed by atoms with Crippen molar-refractivity contribution in [3.8, 4) is 0 Å². The van der Waals surface area contributed by atoms with E-state index in [-0.39, 0.29) is 5.91 Å². The Bertz CT molecular complexity index is 782. The summed E-state index contributed by atoms with van der Waals surface area (Å²) < 4.78 is 1.96. The number of nitrogens with zero attached hydrogens (tertiary/aromatic N) is 4. The first-order valence-corrected chi connectivity index (χ1v) is 9.66. The van der Waals surface area contributed by atoms with E-state index in [0.717, 1.165) is 30.5 Å². The molecule has 1 amide bonds. The van der Waals surface area contributed by atoms with Crippen molar-refractivity contribution in [3.63, 3.8) is 0 Å². The van der Waals surface area contributed by atoms with Crippen LogP contribution in [-0.4, -0.2) is 33.8 Å². The van der Waals surface area contributed by atoms with Gasteiger partial charge < -0.3 is 10.2 Å². The average molecular weight is 353 g/mol. The molecule has 6 heteroatoms. The maximum absolute atomic E-state index is 12.6. The lowest BCUT2D eigenvalue weighted by atomic mass is 10.0. The fraction of sp³-hybridized carbons (Fsp3) is 0.550. The van der Waals surface area contributed by atoms with Gasteiger partial charge >= 0.3 is 0 Å². The highest BCUT2D eigenvalue weighted by Crippen LogP contribution is 2.39. The van der Waals surface area contributed by atoms with Crippen LogP contribution in [0.25, 0.3) is 0 Å². The number of carbonyl (C=O) groups is 1. The molecule has 2 atom stereocenters. The van der Waals surface area contributed by atoms with Gasteiger partial charge in [0.05, 0.1) is 17.9 Å². The summed E-state index contributed by atoms with van der Waals surface area (Å²) in [4.78, 5) is 19.4. The highest BCUT2D eigenvalue weighted by molar-refractivity contribution is 6.04. The van der Waals surface area contributed by atoms with Crippen molar-refractivity contribution in [3.05, 3.63) is 36.3 Å². The van der Waals surface area contributed by atoms with Gasteiger partial charge in [0.15, 0.2) is 0 Å². The number of hydrogen-bond donors (Lipinski definition) is 1. The summed E-state index contributed by atoms with van der Waals surface area (Å²) in [7, 11) is 0. The van der Waals surface area contributed by atoms with Gasteiger partial charge in [-0.3, -0.25) is 9.48 Å². The molecule has 0 bridgehead atoms. The predicted octanol–water partition coefficient (Wildman–Crippen LogP) is 3.74. The summed E-state index contributed by atoms with van der Waals surface area (Å²) in [6.07, 6.45) is 10.4. The molecule has 138 valence electrons. The molecule has 4 rings (SSSR count). The molecule has 0 radical (unpaired) electrons. The maximum atomic E-state index is 12.6. The first-order valence-electron chi connectivity index (χ1n) is 9.66. The minimum absolute atomic E-state index is 0.114. The van der Waals surface area contributed by atoms with Crippen LogP contribution in [0.3, 0.4) is 0 Å². The Kier molecular flexibility index (Phi) is 4.66. The van der Waals surface area contributed by atoms with E-state index >= 15 is 0 Å². The summed E-state index contributed by atoms with van der Waals surface area (Å²) in [6, 6.07) is 4.06. The summed E-state index contributed by atoms with van der Waals surface area (Å²) in [5.74, 6) is 2.18. The molecule has 0 aromatic carbocycles. The summed E-state index contributed by atoms with van der Waals surface area (Å²) in [5, 5.41) is 7.37. The first kappa shape index (κ1) is 17.1. The van der Waals surface area contributed by atoms with Crippen molar-refractivity contribution in [2.75, 3.05) is 23.3 Å². The molecule has 1 aliphatic carbocycles. The number of piperidine rings is 1. The van der Waals surface area contributed by atoms with E-state index in [4.69, 9.17) is 0 Å². The van der Waals surface area contributed by atoms with Crippen LogP contribution >= 0.6 is 0 Å². The Morgan fingerprint density at radius 2 is 2.19 bits per heavy atom. The molecule has 1 N–H and O–H groups in total. The topological polar surface area (TPSA) is 63.1 Å². The van der Waals surface area contributed by atoms with Crippen molar-refractivity contribution in [2.45, 2.75) is 45.6 Å². The smallest absolute Gasteiger partial charge is 0.255 e. The van der Waals surface area contributed by atoms with Gasteiger partial charge in [0.1, 0.15) is 5.82 Å². The van der Waals surface area contributed by atoms with Gasteiger partial charge in [-0.05, 0) is 56.6 Å². The second-order valence-electron chi connectivity index (χ2n) is 7.84. The molecule has 26 heavy (non-hydrogen) atoms. The van der Waals surface area contributed by atoms with Gasteiger partial charge in [-0.1, -0.05) is 6.92 Å². The largest absolute Gasteiger partial charge is 0.356 e. The molecule has 1 saturated carbocycles. The van der Waals surface area contributed by atoms with E-state index in [1.54, 1.807) is 18.5 Å². The number of pyridine rings is 1. The fourth-order valence-corrected chi connectivity index (χ4v) is 3.75. The van der Waals surface area contributed by atoms with E-state index in [9.17, 15) is 4.79 Å². The quantitative estimate of drug-likeness (QED) is 0.889. The second kappa shape index (κ2) is 7.09. The third-order valence-electron chi connectivity index (χ3n) is 5.57. The lowest BCUT2D eigenvalue weighted by Crippen LogP contribution is -2.34. The highest BCUT2D eigenvalue weighted by Gasteiger charge is 2.29. The van der Waals surface area contributed by atoms with Gasteiger partial charge in [0.25, 0.3) is 5.91 Å². The van der Waals surface area contributed by atoms with Crippen LogP contribution in [-0.2, 0) is 0 Å². The maximum Gasteiger partial charge on any atom is 0.255 e. The fourth-order valence-electron chi connectivity index (χ4n) is 3.75. The van der Waals surface area contributed by atoms with Gasteiger partial charge in [-0.2, -0.15) is 5.10 Å². The lowest BCUT2D eigenvalue weighted by molar-refractivity contribution is 0.102. The number of amides is 1. The Hall–Kier alpha value is -2.37. The standard InChI is InChI=1S/C20H27N5O/c1-14-4-3-9-24(12-14)19-10-17(7-8-21-19)20(26)23-18-11-22-25(13-18)15(2)16-5-6-16/h7-8,10-11,13-16H,3-6,9,12H2,1-2H3,(H,23,26). The normalized spacial score (nSPS) is 21.5. The minimum Gasteiger partial charge on any atom is -0.356 e. The lowest BCUT2D eigenvalue weighted by Gasteiger charge is -2.31. The van der Waals surface area contributed by atoms with Crippen LogP contribution in [0.15, 0.2) is 30.7 Å². The minimum atomic E-state index is -0.114. The van der Waals surface area contributed by atoms with Gasteiger partial charge in [0.2, 0.25) is 0 Å². The number of anilines is 2. The Morgan fingerprint density at radius 1 is 1.35 bits per heavy atom. The third kappa shape index (κ3) is 3.74. The zero-order valence-corrected chi connectivity index (χ0v) is 15.6. The molecule has 1 aliphatic heterocycles. The molecular weight excluding hydrogens is 326 g/mol. The van der Waals surface area contributed by atoms with Crippen molar-refractivity contribution < 1.29 is 4.79 Å². The molecule has 1 saturated heterocycles. The van der Waals surface area contributed by atoms with Crippen LogP contribution < -0.4 is 10.2 Å². The van der Waals surface area contributed by atoms with Crippen LogP contribution in [0.2, 0.25) is 0 Å². The molecule has 6 nitrogen and oxygen atoms in total. The molecule has 0 spiro atoms. The molecule has 2 aromatic heterocycles. The molecule has 2 unspecified atom stereocenters. The first-order chi connectivity index (χ1) is 12.6. The van der Waals surface area contributed by atoms with Crippen molar-refractivity contribution >= 4 is 17.4 Å². The molecule has 2 aliphatic rings. The molecular formula is C20H27N5O. The number of nitrogens with one attached hydrogen (secondary N) is 1. The number of carbonyl (C=O) groups excluding carboxylic acids is 1. The van der Waals surface area contributed by atoms with Crippen molar-refractivity contribution in [2.24, 2.45) is 11.8 Å². The monoisotopic (exact) mass is 353 g/mol. The SMILES string of the molecule is CC1CCCN(c2cc(C(=O)Nc3cnn(C(C)C4CC4)c3)ccn2)C1. The summed E-state index contributed by atoms with van der Waals surface area (Å²) in [6.45, 7) is 6.46. The Balaban J connectivity index is 1.44. The molecule has 3 heterocycles. The van der Waals surface area contributed by atoms with E-state index in [0.29, 0.717) is 17.5 Å². The van der Waals surface area contributed by atoms with Gasteiger partial charge in [-0.25, -0.2) is 4.98 Å². The van der Waals surface area contributed by atoms with Crippen molar-refractivity contribution in [1.29, 1.82) is 0 Å². The zero-order chi connectivity index (χ0) is 18.1. The van der Waals surface area contributed by atoms with E-state index < -0.39 is 0 Å². The number of rotatable bonds is 5. The van der Waals surface area contributed by atoms with Crippen LogP contribution in [0.4, 0.5) is 11.5 Å². The van der Waals surface area contributed by atoms with E-state index in [1.807, 2.05) is 16.9 Å². The number of hydrogen-bond acceptors (Lipinski definition) is 4. The van der Waals surface area contributed by atoms with Crippen LogP contribution in [0.1, 0.15) is 55.9 Å². The van der Waals surface area contributed by atoms with Crippen molar-refractivity contribution in [1.82, 2.24) is 14.8 Å².